The van der Waals surface area contributed by atoms with Crippen LogP contribution < -0.4 is 10.6 Å². The van der Waals surface area contributed by atoms with Gasteiger partial charge in [0, 0.05) is 34.7 Å². The van der Waals surface area contributed by atoms with Gasteiger partial charge in [0.2, 0.25) is 0 Å². The minimum atomic E-state index is -0.268. The van der Waals surface area contributed by atoms with Crippen molar-refractivity contribution < 1.29 is 14.3 Å². The van der Waals surface area contributed by atoms with Crippen molar-refractivity contribution in [2.75, 3.05) is 25.1 Å². The first kappa shape index (κ1) is 22.3. The third-order valence-corrected chi connectivity index (χ3v) is 8.20. The van der Waals surface area contributed by atoms with E-state index in [1.807, 2.05) is 31.2 Å². The van der Waals surface area contributed by atoms with Gasteiger partial charge in [-0.25, -0.2) is 0 Å². The zero-order valence-electron chi connectivity index (χ0n) is 17.4. The van der Waals surface area contributed by atoms with Crippen molar-refractivity contribution in [3.8, 4) is 0 Å². The molecule has 0 saturated carbocycles. The van der Waals surface area contributed by atoms with E-state index < -0.39 is 0 Å². The van der Waals surface area contributed by atoms with Crippen molar-refractivity contribution >= 4 is 61.2 Å². The van der Waals surface area contributed by atoms with Gasteiger partial charge >= 0.3 is 0 Å². The van der Waals surface area contributed by atoms with Crippen LogP contribution >= 0.6 is 34.3 Å². The molecule has 0 saturated heterocycles. The van der Waals surface area contributed by atoms with E-state index in [2.05, 4.69) is 10.6 Å². The highest BCUT2D eigenvalue weighted by atomic mass is 35.5. The lowest BCUT2D eigenvalue weighted by Crippen LogP contribution is -2.27. The molecule has 0 atom stereocenters. The van der Waals surface area contributed by atoms with Crippen LogP contribution in [-0.4, -0.2) is 31.6 Å². The van der Waals surface area contributed by atoms with Crippen LogP contribution in [0.3, 0.4) is 0 Å². The third-order valence-electron chi connectivity index (χ3n) is 5.32. The van der Waals surface area contributed by atoms with Crippen LogP contribution in [0, 0.1) is 0 Å². The summed E-state index contributed by atoms with van der Waals surface area (Å²) in [4.78, 5) is 27.8. The minimum absolute atomic E-state index is 0.131. The van der Waals surface area contributed by atoms with Crippen LogP contribution in [0.2, 0.25) is 5.02 Å². The van der Waals surface area contributed by atoms with E-state index in [0.29, 0.717) is 40.2 Å². The Kier molecular flexibility index (Phi) is 7.27. The van der Waals surface area contributed by atoms with Gasteiger partial charge in [0.15, 0.2) is 0 Å². The van der Waals surface area contributed by atoms with Crippen LogP contribution in [-0.2, 0) is 17.6 Å². The van der Waals surface area contributed by atoms with Gasteiger partial charge in [0.1, 0.15) is 9.88 Å². The Labute approximate surface area is 194 Å². The number of nitrogens with one attached hydrogen (secondary N) is 2. The molecule has 1 aliphatic rings. The van der Waals surface area contributed by atoms with Crippen molar-refractivity contribution in [1.29, 1.82) is 0 Å². The number of rotatable bonds is 8. The quantitative estimate of drug-likeness (QED) is 0.397. The highest BCUT2D eigenvalue weighted by molar-refractivity contribution is 7.22. The average Bonchev–Trinajstić information content (AvgIpc) is 3.31. The van der Waals surface area contributed by atoms with Gasteiger partial charge in [-0.3, -0.25) is 9.59 Å². The van der Waals surface area contributed by atoms with Gasteiger partial charge < -0.3 is 15.4 Å². The van der Waals surface area contributed by atoms with E-state index in [-0.39, 0.29) is 11.8 Å². The molecule has 0 spiro atoms. The van der Waals surface area contributed by atoms with Crippen LogP contribution in [0.4, 0.5) is 5.00 Å². The van der Waals surface area contributed by atoms with Gasteiger partial charge in [0.05, 0.1) is 10.6 Å². The molecule has 5 nitrogen and oxygen atoms in total. The number of aryl methyl sites for hydroxylation is 1. The average molecular weight is 477 g/mol. The molecule has 0 radical (unpaired) electrons. The first-order valence-corrected chi connectivity index (χ1v) is 12.6. The van der Waals surface area contributed by atoms with Crippen molar-refractivity contribution in [2.45, 2.75) is 39.0 Å². The molecular formula is C23H25ClN2O3S2. The molecule has 0 aliphatic heterocycles. The second-order valence-corrected chi connectivity index (χ2v) is 9.95. The first-order valence-electron chi connectivity index (χ1n) is 10.6. The molecule has 2 N–H and O–H groups in total. The molecule has 0 unspecified atom stereocenters. The second kappa shape index (κ2) is 10.1. The summed E-state index contributed by atoms with van der Waals surface area (Å²) in [5.74, 6) is -0.399. The lowest BCUT2D eigenvalue weighted by atomic mass is 9.95. The number of hydrogen-bond acceptors (Lipinski definition) is 5. The van der Waals surface area contributed by atoms with E-state index in [1.165, 1.54) is 27.6 Å². The summed E-state index contributed by atoms with van der Waals surface area (Å²) < 4.78 is 6.31. The van der Waals surface area contributed by atoms with E-state index in [0.717, 1.165) is 47.8 Å². The molecule has 31 heavy (non-hydrogen) atoms. The molecule has 2 amide bonds. The maximum atomic E-state index is 13.1. The maximum absolute atomic E-state index is 13.1. The molecule has 8 heteroatoms. The number of amides is 2. The Bertz CT molecular complexity index is 1110. The predicted octanol–water partition coefficient (Wildman–Crippen LogP) is 5.90. The van der Waals surface area contributed by atoms with Gasteiger partial charge in [-0.1, -0.05) is 29.8 Å². The van der Waals surface area contributed by atoms with Crippen LogP contribution in [0.15, 0.2) is 24.3 Å². The molecule has 1 aliphatic carbocycles. The number of carbonyl (C=O) groups is 2. The van der Waals surface area contributed by atoms with E-state index in [1.54, 1.807) is 0 Å². The van der Waals surface area contributed by atoms with Gasteiger partial charge in [-0.15, -0.1) is 22.7 Å². The summed E-state index contributed by atoms with van der Waals surface area (Å²) in [6, 6.07) is 7.70. The molecule has 1 aromatic carbocycles. The molecule has 0 fully saturated rings. The molecule has 4 rings (SSSR count). The number of anilines is 1. The lowest BCUT2D eigenvalue weighted by molar-refractivity contribution is 0.0944. The Morgan fingerprint density at radius 2 is 1.94 bits per heavy atom. The lowest BCUT2D eigenvalue weighted by Gasteiger charge is -2.13. The van der Waals surface area contributed by atoms with Crippen molar-refractivity contribution in [2.24, 2.45) is 0 Å². The van der Waals surface area contributed by atoms with Gasteiger partial charge in [-0.05, 0) is 50.7 Å². The zero-order chi connectivity index (χ0) is 21.8. The zero-order valence-corrected chi connectivity index (χ0v) is 19.8. The van der Waals surface area contributed by atoms with Gasteiger partial charge in [0.25, 0.3) is 11.8 Å². The fourth-order valence-electron chi connectivity index (χ4n) is 3.82. The summed E-state index contributed by atoms with van der Waals surface area (Å²) in [5, 5.41) is 7.94. The maximum Gasteiger partial charge on any atom is 0.267 e. The third kappa shape index (κ3) is 4.80. The van der Waals surface area contributed by atoms with E-state index >= 15 is 0 Å². The molecule has 2 aromatic heterocycles. The summed E-state index contributed by atoms with van der Waals surface area (Å²) in [5.41, 5.74) is 1.69. The predicted molar refractivity (Wildman–Crippen MR) is 129 cm³/mol. The number of fused-ring (bicyclic) bond motifs is 2. The molecule has 3 aromatic rings. The van der Waals surface area contributed by atoms with Crippen molar-refractivity contribution in [1.82, 2.24) is 5.32 Å². The SMILES string of the molecule is CCOCCCNC(=O)c1c(NC(=O)c2sc3ccccc3c2Cl)sc2c1CCCC2. The number of carbonyl (C=O) groups excluding carboxylic acids is 2. The fourth-order valence-corrected chi connectivity index (χ4v) is 6.52. The summed E-state index contributed by atoms with van der Waals surface area (Å²) >= 11 is 9.38. The Hall–Kier alpha value is -1.93. The second-order valence-electron chi connectivity index (χ2n) is 7.42. The fraction of sp³-hybridized carbons (Fsp3) is 0.391. The minimum Gasteiger partial charge on any atom is -0.382 e. The molecular weight excluding hydrogens is 452 g/mol. The smallest absolute Gasteiger partial charge is 0.267 e. The van der Waals surface area contributed by atoms with Crippen LogP contribution in [0.25, 0.3) is 10.1 Å². The topological polar surface area (TPSA) is 67.4 Å². The van der Waals surface area contributed by atoms with Crippen molar-refractivity contribution in [3.63, 3.8) is 0 Å². The largest absolute Gasteiger partial charge is 0.382 e. The Balaban J connectivity index is 1.57. The number of thiophene rings is 2. The Morgan fingerprint density at radius 3 is 2.74 bits per heavy atom. The van der Waals surface area contributed by atoms with E-state index in [9.17, 15) is 9.59 Å². The Morgan fingerprint density at radius 1 is 1.13 bits per heavy atom. The summed E-state index contributed by atoms with van der Waals surface area (Å²) in [6.45, 7) is 3.78. The number of ether oxygens (including phenoxy) is 1. The normalized spacial score (nSPS) is 13.2. The number of halogens is 1. The number of benzene rings is 1. The summed E-state index contributed by atoms with van der Waals surface area (Å²) in [7, 11) is 0. The molecule has 0 bridgehead atoms. The standard InChI is InChI=1S/C23H25ClN2O3S2/c1-2-29-13-7-12-25-21(27)18-14-8-3-5-10-16(14)31-23(18)26-22(28)20-19(24)15-9-4-6-11-17(15)30-20/h4,6,9,11H,2-3,5,7-8,10,12-13H2,1H3,(H,25,27)(H,26,28). The van der Waals surface area contributed by atoms with Crippen LogP contribution in [0.5, 0.6) is 0 Å². The highest BCUT2D eigenvalue weighted by Crippen LogP contribution is 2.40. The molecule has 2 heterocycles. The monoisotopic (exact) mass is 476 g/mol. The highest BCUT2D eigenvalue weighted by Gasteiger charge is 2.27. The first-order chi connectivity index (χ1) is 15.1. The van der Waals surface area contributed by atoms with Crippen LogP contribution in [0.1, 0.15) is 56.7 Å². The van der Waals surface area contributed by atoms with Crippen molar-refractivity contribution in [3.05, 3.63) is 50.2 Å². The van der Waals surface area contributed by atoms with E-state index in [4.69, 9.17) is 16.3 Å². The number of hydrogen-bond donors (Lipinski definition) is 2. The molecule has 164 valence electrons. The van der Waals surface area contributed by atoms with Gasteiger partial charge in [-0.2, -0.15) is 0 Å². The summed E-state index contributed by atoms with van der Waals surface area (Å²) in [6.07, 6.45) is 4.74.